The molecule has 7 rings (SSSR count). The Bertz CT molecular complexity index is 1910. The largest absolute Gasteiger partial charge is 0.399 e. The van der Waals surface area contributed by atoms with Crippen LogP contribution in [0.1, 0.15) is 54.1 Å². The average molecular weight is 585 g/mol. The summed E-state index contributed by atoms with van der Waals surface area (Å²) in [6, 6.07) is 48.2. The maximum Gasteiger partial charge on any atom is 0.167 e. The van der Waals surface area contributed by atoms with E-state index in [4.69, 9.17) is 11.5 Å². The Labute approximate surface area is 263 Å². The molecule has 0 atom stereocenters. The molecule has 0 heterocycles. The highest BCUT2D eigenvalue weighted by Crippen LogP contribution is 2.55. The number of hydrogen-bond acceptors (Lipinski definition) is 4. The molecule has 1 aliphatic carbocycles. The Hall–Kier alpha value is -5.74. The van der Waals surface area contributed by atoms with Crippen LogP contribution in [0.4, 0.5) is 11.4 Å². The third kappa shape index (κ3) is 5.00. The van der Waals surface area contributed by atoms with E-state index < -0.39 is 5.41 Å². The molecule has 0 amide bonds. The fraction of sp³-hybridized carbons (Fsp3) is 0.0732. The molecule has 4 heteroatoms. The third-order valence-electron chi connectivity index (χ3n) is 8.87. The van der Waals surface area contributed by atoms with Gasteiger partial charge in [0.25, 0.3) is 0 Å². The fourth-order valence-electron chi connectivity index (χ4n) is 6.77. The van der Waals surface area contributed by atoms with E-state index in [1.165, 1.54) is 22.3 Å². The summed E-state index contributed by atoms with van der Waals surface area (Å²) < 4.78 is 0. The summed E-state index contributed by atoms with van der Waals surface area (Å²) >= 11 is 0. The van der Waals surface area contributed by atoms with E-state index in [-0.39, 0.29) is 11.6 Å². The van der Waals surface area contributed by atoms with Crippen LogP contribution in [-0.2, 0) is 18.3 Å². The predicted molar refractivity (Wildman–Crippen MR) is 182 cm³/mol. The topological polar surface area (TPSA) is 86.2 Å². The zero-order valence-corrected chi connectivity index (χ0v) is 24.7. The second kappa shape index (κ2) is 11.4. The highest BCUT2D eigenvalue weighted by atomic mass is 16.1. The molecular weight excluding hydrogens is 552 g/mol. The van der Waals surface area contributed by atoms with Crippen LogP contribution in [0.25, 0.3) is 11.1 Å². The lowest BCUT2D eigenvalue weighted by atomic mass is 9.67. The number of hydrogen-bond donors (Lipinski definition) is 2. The summed E-state index contributed by atoms with van der Waals surface area (Å²) in [6.45, 7) is 0. The van der Waals surface area contributed by atoms with E-state index in [1.807, 2.05) is 12.1 Å². The van der Waals surface area contributed by atoms with Crippen LogP contribution in [0, 0.1) is 0 Å². The number of anilines is 2. The standard InChI is InChI=1S/C41H32N2O2/c42-33-9-5-7-29(25-33)39(44)23-27-15-19-31(20-16-27)41(37-13-3-1-11-35(37)36-12-2-4-14-38(36)41)32-21-17-28(18-22-32)24-40(45)30-8-6-10-34(43)26-30/h1-22,25-26H,23-24,42-43H2. The molecule has 0 aromatic heterocycles. The van der Waals surface area contributed by atoms with Gasteiger partial charge in [0.1, 0.15) is 0 Å². The molecule has 0 aliphatic heterocycles. The first-order chi connectivity index (χ1) is 21.9. The van der Waals surface area contributed by atoms with E-state index in [1.54, 1.807) is 36.4 Å². The van der Waals surface area contributed by atoms with E-state index in [0.29, 0.717) is 35.3 Å². The van der Waals surface area contributed by atoms with E-state index in [2.05, 4.69) is 97.1 Å². The van der Waals surface area contributed by atoms with Gasteiger partial charge in [0.2, 0.25) is 0 Å². The van der Waals surface area contributed by atoms with Gasteiger partial charge in [0, 0.05) is 35.3 Å². The molecule has 4 nitrogen and oxygen atoms in total. The minimum atomic E-state index is -0.569. The molecule has 1 aliphatic rings. The van der Waals surface area contributed by atoms with Crippen molar-refractivity contribution >= 4 is 22.9 Å². The van der Waals surface area contributed by atoms with Gasteiger partial charge >= 0.3 is 0 Å². The minimum absolute atomic E-state index is 0.0321. The molecule has 0 spiro atoms. The molecule has 218 valence electrons. The van der Waals surface area contributed by atoms with Crippen molar-refractivity contribution in [1.29, 1.82) is 0 Å². The highest BCUT2D eigenvalue weighted by molar-refractivity contribution is 5.99. The Kier molecular flexibility index (Phi) is 7.11. The summed E-state index contributed by atoms with van der Waals surface area (Å²) in [5.41, 5.74) is 22.6. The normalized spacial score (nSPS) is 12.7. The van der Waals surface area contributed by atoms with Crippen molar-refractivity contribution in [2.45, 2.75) is 18.3 Å². The summed E-state index contributed by atoms with van der Waals surface area (Å²) in [5, 5.41) is 0. The van der Waals surface area contributed by atoms with Gasteiger partial charge in [0.15, 0.2) is 11.6 Å². The number of carbonyl (C=O) groups excluding carboxylic acids is 2. The number of ketones is 2. The molecule has 0 radical (unpaired) electrons. The zero-order chi connectivity index (χ0) is 31.0. The first-order valence-electron chi connectivity index (χ1n) is 15.1. The van der Waals surface area contributed by atoms with Crippen LogP contribution in [-0.4, -0.2) is 11.6 Å². The molecule has 4 N–H and O–H groups in total. The summed E-state index contributed by atoms with van der Waals surface area (Å²) in [7, 11) is 0. The molecule has 45 heavy (non-hydrogen) atoms. The van der Waals surface area contributed by atoms with Gasteiger partial charge in [-0.15, -0.1) is 0 Å². The van der Waals surface area contributed by atoms with Crippen molar-refractivity contribution in [1.82, 2.24) is 0 Å². The van der Waals surface area contributed by atoms with Crippen LogP contribution < -0.4 is 11.5 Å². The Morgan fingerprint density at radius 2 is 0.867 bits per heavy atom. The molecule has 0 unspecified atom stereocenters. The average Bonchev–Trinajstić information content (AvgIpc) is 3.37. The molecule has 0 saturated carbocycles. The van der Waals surface area contributed by atoms with Crippen molar-refractivity contribution in [3.63, 3.8) is 0 Å². The van der Waals surface area contributed by atoms with Gasteiger partial charge in [-0.2, -0.15) is 0 Å². The first kappa shape index (κ1) is 28.1. The quantitative estimate of drug-likeness (QED) is 0.140. The highest BCUT2D eigenvalue weighted by Gasteiger charge is 2.45. The van der Waals surface area contributed by atoms with E-state index in [9.17, 15) is 9.59 Å². The first-order valence-corrected chi connectivity index (χ1v) is 15.1. The van der Waals surface area contributed by atoms with Gasteiger partial charge in [-0.3, -0.25) is 9.59 Å². The number of Topliss-reactive ketones (excluding diaryl/α,β-unsaturated/α-hetero) is 2. The van der Waals surface area contributed by atoms with Gasteiger partial charge in [0.05, 0.1) is 5.41 Å². The summed E-state index contributed by atoms with van der Waals surface area (Å²) in [6.07, 6.45) is 0.583. The second-order valence-electron chi connectivity index (χ2n) is 11.7. The zero-order valence-electron chi connectivity index (χ0n) is 24.7. The van der Waals surface area contributed by atoms with Gasteiger partial charge in [-0.1, -0.05) is 121 Å². The van der Waals surface area contributed by atoms with Gasteiger partial charge < -0.3 is 11.5 Å². The maximum atomic E-state index is 13.0. The third-order valence-corrected chi connectivity index (χ3v) is 8.87. The van der Waals surface area contributed by atoms with Crippen molar-refractivity contribution in [2.75, 3.05) is 11.5 Å². The lowest BCUT2D eigenvalue weighted by molar-refractivity contribution is 0.0985. The number of nitrogens with two attached hydrogens (primary N) is 2. The molecule has 6 aromatic carbocycles. The van der Waals surface area contributed by atoms with Crippen LogP contribution in [0.2, 0.25) is 0 Å². The predicted octanol–water partition coefficient (Wildman–Crippen LogP) is 8.06. The molecule has 0 bridgehead atoms. The maximum absolute atomic E-state index is 13.0. The van der Waals surface area contributed by atoms with Gasteiger partial charge in [-0.05, 0) is 68.8 Å². The van der Waals surface area contributed by atoms with Crippen LogP contribution >= 0.6 is 0 Å². The number of benzene rings is 6. The van der Waals surface area contributed by atoms with Crippen molar-refractivity contribution in [3.8, 4) is 11.1 Å². The second-order valence-corrected chi connectivity index (χ2v) is 11.7. The number of fused-ring (bicyclic) bond motifs is 3. The summed E-state index contributed by atoms with van der Waals surface area (Å²) in [5.74, 6) is 0.0642. The number of carbonyl (C=O) groups is 2. The minimum Gasteiger partial charge on any atom is -0.399 e. The Balaban J connectivity index is 1.29. The van der Waals surface area contributed by atoms with Crippen LogP contribution in [0.15, 0.2) is 146 Å². The summed E-state index contributed by atoms with van der Waals surface area (Å²) in [4.78, 5) is 26.1. The van der Waals surface area contributed by atoms with E-state index >= 15 is 0 Å². The fourth-order valence-corrected chi connectivity index (χ4v) is 6.77. The van der Waals surface area contributed by atoms with Crippen molar-refractivity contribution < 1.29 is 9.59 Å². The van der Waals surface area contributed by atoms with Gasteiger partial charge in [-0.25, -0.2) is 0 Å². The lowest BCUT2D eigenvalue weighted by Crippen LogP contribution is -2.28. The monoisotopic (exact) mass is 584 g/mol. The van der Waals surface area contributed by atoms with Crippen LogP contribution in [0.5, 0.6) is 0 Å². The number of rotatable bonds is 8. The van der Waals surface area contributed by atoms with Crippen molar-refractivity contribution in [2.24, 2.45) is 0 Å². The lowest BCUT2D eigenvalue weighted by Gasteiger charge is -2.34. The molecule has 0 saturated heterocycles. The molecule has 0 fully saturated rings. The Morgan fingerprint density at radius 1 is 0.467 bits per heavy atom. The molecular formula is C41H32N2O2. The smallest absolute Gasteiger partial charge is 0.167 e. The SMILES string of the molecule is Nc1cccc(C(=O)Cc2ccc(C3(c4ccc(CC(=O)c5cccc(N)c5)cc4)c4ccccc4-c4ccccc43)cc2)c1. The molecule has 6 aromatic rings. The Morgan fingerprint density at radius 3 is 1.27 bits per heavy atom. The van der Waals surface area contributed by atoms with Crippen LogP contribution in [0.3, 0.4) is 0 Å². The number of nitrogen functional groups attached to an aromatic ring is 2. The van der Waals surface area contributed by atoms with E-state index in [0.717, 1.165) is 22.3 Å². The van der Waals surface area contributed by atoms with Crippen molar-refractivity contribution in [3.05, 3.63) is 190 Å².